The largest absolute Gasteiger partial charge is 0.492 e. The van der Waals surface area contributed by atoms with Crippen LogP contribution in [0.4, 0.5) is 10.1 Å². The van der Waals surface area contributed by atoms with Crippen molar-refractivity contribution in [2.75, 3.05) is 30.3 Å². The number of ether oxygens (including phenoxy) is 3. The Morgan fingerprint density at radius 1 is 1.04 bits per heavy atom. The Balaban J connectivity index is 1.56. The Hall–Kier alpha value is -2.48. The number of fused-ring (bicyclic) bond motifs is 1. The van der Waals surface area contributed by atoms with E-state index in [1.165, 1.54) is 24.3 Å². The molecule has 0 radical (unpaired) electrons. The number of benzene rings is 2. The van der Waals surface area contributed by atoms with Gasteiger partial charge >= 0.3 is 0 Å². The summed E-state index contributed by atoms with van der Waals surface area (Å²) in [6, 6.07) is 10.2. The molecule has 0 bridgehead atoms. The van der Waals surface area contributed by atoms with Crippen molar-refractivity contribution in [3.8, 4) is 17.2 Å². The molecule has 0 saturated heterocycles. The molecule has 1 aliphatic heterocycles. The summed E-state index contributed by atoms with van der Waals surface area (Å²) in [4.78, 5) is 0. The van der Waals surface area contributed by atoms with E-state index in [4.69, 9.17) is 14.2 Å². The van der Waals surface area contributed by atoms with Gasteiger partial charge in [-0.25, -0.2) is 12.8 Å². The highest BCUT2D eigenvalue weighted by atomic mass is 32.2. The highest BCUT2D eigenvalue weighted by Gasteiger charge is 2.15. The van der Waals surface area contributed by atoms with Crippen molar-refractivity contribution < 1.29 is 27.0 Å². The summed E-state index contributed by atoms with van der Waals surface area (Å²) in [7, 11) is -3.58. The van der Waals surface area contributed by atoms with Crippen molar-refractivity contribution in [2.45, 2.75) is 0 Å². The Morgan fingerprint density at radius 2 is 1.75 bits per heavy atom. The van der Waals surface area contributed by atoms with E-state index in [2.05, 4.69) is 4.72 Å². The zero-order valence-electron chi connectivity index (χ0n) is 12.7. The average Bonchev–Trinajstić information content (AvgIpc) is 2.56. The van der Waals surface area contributed by atoms with E-state index in [0.717, 1.165) is 0 Å². The minimum atomic E-state index is -3.58. The minimum Gasteiger partial charge on any atom is -0.492 e. The van der Waals surface area contributed by atoms with Gasteiger partial charge in [-0.05, 0) is 36.4 Å². The maximum Gasteiger partial charge on any atom is 0.236 e. The highest BCUT2D eigenvalue weighted by molar-refractivity contribution is 7.92. The molecule has 128 valence electrons. The van der Waals surface area contributed by atoms with Crippen LogP contribution in [0, 0.1) is 5.82 Å². The number of nitrogens with one attached hydrogen (secondary N) is 1. The molecule has 0 aliphatic carbocycles. The molecular weight excluding hydrogens is 337 g/mol. The molecular formula is C16H16FNO5S. The molecule has 0 spiro atoms. The fraction of sp³-hybridized carbons (Fsp3) is 0.250. The van der Waals surface area contributed by atoms with Crippen LogP contribution in [0.25, 0.3) is 0 Å². The van der Waals surface area contributed by atoms with Gasteiger partial charge in [0.05, 0.1) is 5.69 Å². The van der Waals surface area contributed by atoms with Crippen molar-refractivity contribution in [3.63, 3.8) is 0 Å². The van der Waals surface area contributed by atoms with Crippen LogP contribution in [0.1, 0.15) is 0 Å². The SMILES string of the molecule is O=S(=O)(CCOc1ccc(F)cc1)Nc1ccc2c(c1)OCCO2. The number of halogens is 1. The lowest BCUT2D eigenvalue weighted by atomic mass is 10.3. The lowest BCUT2D eigenvalue weighted by molar-refractivity contribution is 0.171. The first-order chi connectivity index (χ1) is 11.5. The number of rotatable bonds is 6. The summed E-state index contributed by atoms with van der Waals surface area (Å²) in [5, 5.41) is 0. The monoisotopic (exact) mass is 353 g/mol. The molecule has 0 atom stereocenters. The summed E-state index contributed by atoms with van der Waals surface area (Å²) >= 11 is 0. The molecule has 1 heterocycles. The van der Waals surface area contributed by atoms with Gasteiger partial charge in [-0.15, -0.1) is 0 Å². The van der Waals surface area contributed by atoms with Crippen LogP contribution in [0.2, 0.25) is 0 Å². The zero-order valence-corrected chi connectivity index (χ0v) is 13.5. The van der Waals surface area contributed by atoms with Crippen LogP contribution in [-0.4, -0.2) is 34.0 Å². The maximum atomic E-state index is 12.8. The molecule has 0 fully saturated rings. The standard InChI is InChI=1S/C16H16FNO5S/c17-12-1-4-14(5-2-12)21-9-10-24(19,20)18-13-3-6-15-16(11-13)23-8-7-22-15/h1-6,11,18H,7-10H2. The van der Waals surface area contributed by atoms with Crippen molar-refractivity contribution in [2.24, 2.45) is 0 Å². The first-order valence-corrected chi connectivity index (χ1v) is 8.96. The van der Waals surface area contributed by atoms with Gasteiger partial charge in [0.15, 0.2) is 11.5 Å². The van der Waals surface area contributed by atoms with E-state index in [-0.39, 0.29) is 18.2 Å². The molecule has 0 unspecified atom stereocenters. The van der Waals surface area contributed by atoms with Gasteiger partial charge in [-0.3, -0.25) is 4.72 Å². The van der Waals surface area contributed by atoms with Crippen molar-refractivity contribution in [3.05, 3.63) is 48.3 Å². The minimum absolute atomic E-state index is 0.0501. The molecule has 6 nitrogen and oxygen atoms in total. The van der Waals surface area contributed by atoms with E-state index in [9.17, 15) is 12.8 Å². The molecule has 0 aromatic heterocycles. The van der Waals surface area contributed by atoms with Crippen LogP contribution in [0.5, 0.6) is 17.2 Å². The zero-order chi connectivity index (χ0) is 17.0. The van der Waals surface area contributed by atoms with Gasteiger partial charge in [-0.2, -0.15) is 0 Å². The van der Waals surface area contributed by atoms with E-state index < -0.39 is 10.0 Å². The fourth-order valence-electron chi connectivity index (χ4n) is 2.14. The van der Waals surface area contributed by atoms with E-state index in [1.54, 1.807) is 18.2 Å². The fourth-order valence-corrected chi connectivity index (χ4v) is 3.03. The summed E-state index contributed by atoms with van der Waals surface area (Å²) in [6.45, 7) is 0.846. The predicted molar refractivity (Wildman–Crippen MR) is 86.7 cm³/mol. The number of hydrogen-bond donors (Lipinski definition) is 1. The van der Waals surface area contributed by atoms with Crippen molar-refractivity contribution in [1.82, 2.24) is 0 Å². The van der Waals surface area contributed by atoms with Gasteiger partial charge in [0.1, 0.15) is 37.1 Å². The van der Waals surface area contributed by atoms with Gasteiger partial charge in [-0.1, -0.05) is 0 Å². The highest BCUT2D eigenvalue weighted by Crippen LogP contribution is 2.32. The van der Waals surface area contributed by atoms with Crippen molar-refractivity contribution in [1.29, 1.82) is 0 Å². The first kappa shape index (κ1) is 16.4. The normalized spacial score (nSPS) is 13.4. The number of hydrogen-bond acceptors (Lipinski definition) is 5. The Labute approximate surface area is 139 Å². The Morgan fingerprint density at radius 3 is 2.50 bits per heavy atom. The quantitative estimate of drug-likeness (QED) is 0.863. The molecule has 1 N–H and O–H groups in total. The molecule has 2 aromatic rings. The molecule has 0 saturated carbocycles. The smallest absolute Gasteiger partial charge is 0.236 e. The first-order valence-electron chi connectivity index (χ1n) is 7.30. The summed E-state index contributed by atoms with van der Waals surface area (Å²) in [6.07, 6.45) is 0. The second-order valence-electron chi connectivity index (χ2n) is 5.08. The average molecular weight is 353 g/mol. The number of anilines is 1. The Bertz CT molecular complexity index is 808. The van der Waals surface area contributed by atoms with Gasteiger partial charge in [0.2, 0.25) is 10.0 Å². The topological polar surface area (TPSA) is 73.9 Å². The van der Waals surface area contributed by atoms with Crippen LogP contribution in [0.3, 0.4) is 0 Å². The number of sulfonamides is 1. The summed E-state index contributed by atoms with van der Waals surface area (Å²) in [5.41, 5.74) is 0.390. The van der Waals surface area contributed by atoms with Gasteiger partial charge < -0.3 is 14.2 Å². The predicted octanol–water partition coefficient (Wildman–Crippen LogP) is 2.42. The lowest BCUT2D eigenvalue weighted by Crippen LogP contribution is -2.21. The third-order valence-corrected chi connectivity index (χ3v) is 4.50. The van der Waals surface area contributed by atoms with Crippen molar-refractivity contribution >= 4 is 15.7 Å². The van der Waals surface area contributed by atoms with Gasteiger partial charge in [0, 0.05) is 6.07 Å². The summed E-state index contributed by atoms with van der Waals surface area (Å²) < 4.78 is 55.5. The second kappa shape index (κ2) is 6.96. The van der Waals surface area contributed by atoms with Crippen LogP contribution in [0.15, 0.2) is 42.5 Å². The van der Waals surface area contributed by atoms with Crippen LogP contribution < -0.4 is 18.9 Å². The Kier molecular flexibility index (Phi) is 4.75. The van der Waals surface area contributed by atoms with Crippen LogP contribution in [-0.2, 0) is 10.0 Å². The maximum absolute atomic E-state index is 12.8. The van der Waals surface area contributed by atoms with E-state index >= 15 is 0 Å². The molecule has 24 heavy (non-hydrogen) atoms. The third-order valence-electron chi connectivity index (χ3n) is 3.25. The lowest BCUT2D eigenvalue weighted by Gasteiger charge is -2.19. The van der Waals surface area contributed by atoms with E-state index in [1.807, 2.05) is 0 Å². The molecule has 0 amide bonds. The van der Waals surface area contributed by atoms with Crippen LogP contribution >= 0.6 is 0 Å². The molecule has 3 rings (SSSR count). The third kappa shape index (κ3) is 4.29. The summed E-state index contributed by atoms with van der Waals surface area (Å²) in [5.74, 6) is 0.882. The molecule has 8 heteroatoms. The molecule has 1 aliphatic rings. The second-order valence-corrected chi connectivity index (χ2v) is 6.92. The van der Waals surface area contributed by atoms with E-state index in [0.29, 0.717) is 36.1 Å². The molecule has 2 aromatic carbocycles. The van der Waals surface area contributed by atoms with Gasteiger partial charge in [0.25, 0.3) is 0 Å².